The molecule has 12 heavy (non-hydrogen) atoms. The summed E-state index contributed by atoms with van der Waals surface area (Å²) < 4.78 is 0. The van der Waals surface area contributed by atoms with Crippen LogP contribution in [-0.2, 0) is 4.79 Å². The van der Waals surface area contributed by atoms with Crippen molar-refractivity contribution in [3.63, 3.8) is 0 Å². The number of fused-ring (bicyclic) bond motifs is 1. The topological polar surface area (TPSA) is 20.3 Å². The first-order valence-electron chi connectivity index (χ1n) is 3.83. The molecule has 0 aromatic heterocycles. The standard InChI is InChI=1S/C10H9NO/c1-8-6-9-4-2-3-5-11(9)7-10(8)12/h2-6H,1,7H2. The molecule has 0 radical (unpaired) electrons. The molecule has 2 rings (SSSR count). The molecule has 2 aliphatic rings. The molecule has 0 saturated heterocycles. The molecule has 0 amide bonds. The highest BCUT2D eigenvalue weighted by atomic mass is 16.1. The second kappa shape index (κ2) is 2.48. The Morgan fingerprint density at radius 2 is 2.25 bits per heavy atom. The SMILES string of the molecule is C=C1C=C2C=CC=CN2CC1=O. The first kappa shape index (κ1) is 7.10. The number of Topliss-reactive ketones (excluding diaryl/α,β-unsaturated/α-hetero) is 1. The summed E-state index contributed by atoms with van der Waals surface area (Å²) >= 11 is 0. The van der Waals surface area contributed by atoms with Gasteiger partial charge in [0.25, 0.3) is 0 Å². The van der Waals surface area contributed by atoms with Gasteiger partial charge in [-0.2, -0.15) is 0 Å². The second-order valence-electron chi connectivity index (χ2n) is 2.85. The lowest BCUT2D eigenvalue weighted by Gasteiger charge is -2.26. The zero-order chi connectivity index (χ0) is 8.55. The van der Waals surface area contributed by atoms with Gasteiger partial charge in [0.2, 0.25) is 0 Å². The fourth-order valence-corrected chi connectivity index (χ4v) is 1.28. The van der Waals surface area contributed by atoms with E-state index in [9.17, 15) is 4.79 Å². The van der Waals surface area contributed by atoms with E-state index in [0.29, 0.717) is 12.1 Å². The number of rotatable bonds is 0. The van der Waals surface area contributed by atoms with Crippen molar-refractivity contribution < 1.29 is 4.79 Å². The lowest BCUT2D eigenvalue weighted by atomic mass is 10.1. The Balaban J connectivity index is 2.40. The molecule has 0 aromatic carbocycles. The van der Waals surface area contributed by atoms with Gasteiger partial charge in [-0.25, -0.2) is 0 Å². The van der Waals surface area contributed by atoms with Crippen LogP contribution < -0.4 is 0 Å². The van der Waals surface area contributed by atoms with Crippen LogP contribution in [0.4, 0.5) is 0 Å². The fraction of sp³-hybridized carbons (Fsp3) is 0.100. The second-order valence-corrected chi connectivity index (χ2v) is 2.85. The highest BCUT2D eigenvalue weighted by molar-refractivity contribution is 6.00. The van der Waals surface area contributed by atoms with E-state index in [1.165, 1.54) is 0 Å². The van der Waals surface area contributed by atoms with Crippen LogP contribution in [0.5, 0.6) is 0 Å². The minimum Gasteiger partial charge on any atom is -0.340 e. The first-order chi connectivity index (χ1) is 5.77. The molecule has 0 aromatic rings. The number of carbonyl (C=O) groups excluding carboxylic acids is 1. The number of allylic oxidation sites excluding steroid dienone is 4. The lowest BCUT2D eigenvalue weighted by Crippen LogP contribution is -2.29. The van der Waals surface area contributed by atoms with Crippen molar-refractivity contribution >= 4 is 5.78 Å². The molecule has 0 unspecified atom stereocenters. The summed E-state index contributed by atoms with van der Waals surface area (Å²) in [6.45, 7) is 4.10. The summed E-state index contributed by atoms with van der Waals surface area (Å²) in [5.74, 6) is 0.0960. The minimum atomic E-state index is 0.0960. The summed E-state index contributed by atoms with van der Waals surface area (Å²) in [5, 5.41) is 0. The summed E-state index contributed by atoms with van der Waals surface area (Å²) in [4.78, 5) is 13.1. The number of carbonyl (C=O) groups is 1. The fourth-order valence-electron chi connectivity index (χ4n) is 1.28. The van der Waals surface area contributed by atoms with E-state index in [2.05, 4.69) is 6.58 Å². The lowest BCUT2D eigenvalue weighted by molar-refractivity contribution is -0.115. The van der Waals surface area contributed by atoms with Gasteiger partial charge >= 0.3 is 0 Å². The maximum atomic E-state index is 11.2. The predicted molar refractivity (Wildman–Crippen MR) is 47.2 cm³/mol. The van der Waals surface area contributed by atoms with Crippen LogP contribution in [0.2, 0.25) is 0 Å². The first-order valence-corrected chi connectivity index (χ1v) is 3.83. The quantitative estimate of drug-likeness (QED) is 0.498. The molecule has 2 aliphatic heterocycles. The highest BCUT2D eigenvalue weighted by Crippen LogP contribution is 2.19. The Hall–Kier alpha value is -1.57. The Morgan fingerprint density at radius 1 is 1.42 bits per heavy atom. The van der Waals surface area contributed by atoms with Gasteiger partial charge in [0.05, 0.1) is 6.54 Å². The molecular weight excluding hydrogens is 150 g/mol. The van der Waals surface area contributed by atoms with Crippen LogP contribution in [0.3, 0.4) is 0 Å². The van der Waals surface area contributed by atoms with Gasteiger partial charge in [-0.1, -0.05) is 12.7 Å². The molecule has 0 atom stereocenters. The molecule has 0 bridgehead atoms. The zero-order valence-corrected chi connectivity index (χ0v) is 6.66. The van der Waals surface area contributed by atoms with Crippen molar-refractivity contribution in [2.75, 3.05) is 6.54 Å². The Labute approximate surface area is 71.2 Å². The van der Waals surface area contributed by atoms with Gasteiger partial charge in [0.1, 0.15) is 0 Å². The number of nitrogens with zero attached hydrogens (tertiary/aromatic N) is 1. The van der Waals surface area contributed by atoms with Crippen molar-refractivity contribution in [2.24, 2.45) is 0 Å². The zero-order valence-electron chi connectivity index (χ0n) is 6.66. The third-order valence-electron chi connectivity index (χ3n) is 1.97. The number of hydrogen-bond donors (Lipinski definition) is 0. The summed E-state index contributed by atoms with van der Waals surface area (Å²) in [6.07, 6.45) is 9.55. The maximum Gasteiger partial charge on any atom is 0.181 e. The van der Waals surface area contributed by atoms with Crippen molar-refractivity contribution in [3.05, 3.63) is 48.4 Å². The monoisotopic (exact) mass is 159 g/mol. The highest BCUT2D eigenvalue weighted by Gasteiger charge is 2.18. The average Bonchev–Trinajstić information content (AvgIpc) is 2.07. The Morgan fingerprint density at radius 3 is 3.08 bits per heavy atom. The van der Waals surface area contributed by atoms with Crippen molar-refractivity contribution in [3.8, 4) is 0 Å². The van der Waals surface area contributed by atoms with Crippen molar-refractivity contribution in [2.45, 2.75) is 0 Å². The van der Waals surface area contributed by atoms with Crippen LogP contribution in [0, 0.1) is 0 Å². The molecule has 2 heteroatoms. The molecule has 0 fully saturated rings. The number of hydrogen-bond acceptors (Lipinski definition) is 2. The number of ketones is 1. The van der Waals surface area contributed by atoms with E-state index < -0.39 is 0 Å². The third kappa shape index (κ3) is 1.01. The smallest absolute Gasteiger partial charge is 0.181 e. The van der Waals surface area contributed by atoms with E-state index in [4.69, 9.17) is 0 Å². The van der Waals surface area contributed by atoms with Crippen LogP contribution in [0.1, 0.15) is 0 Å². The predicted octanol–water partition coefficient (Wildman–Crippen LogP) is 1.39. The molecule has 0 aliphatic carbocycles. The van der Waals surface area contributed by atoms with Gasteiger partial charge in [-0.05, 0) is 18.2 Å². The molecule has 2 heterocycles. The van der Waals surface area contributed by atoms with Gasteiger partial charge in [-0.3, -0.25) is 4.79 Å². The summed E-state index contributed by atoms with van der Waals surface area (Å²) in [6, 6.07) is 0. The van der Waals surface area contributed by atoms with Crippen LogP contribution in [0.15, 0.2) is 48.4 Å². The van der Waals surface area contributed by atoms with Crippen molar-refractivity contribution in [1.82, 2.24) is 4.90 Å². The van der Waals surface area contributed by atoms with E-state index in [1.807, 2.05) is 35.4 Å². The van der Waals surface area contributed by atoms with Crippen LogP contribution >= 0.6 is 0 Å². The molecule has 0 spiro atoms. The minimum absolute atomic E-state index is 0.0960. The van der Waals surface area contributed by atoms with Gasteiger partial charge < -0.3 is 4.90 Å². The normalized spacial score (nSPS) is 21.0. The average molecular weight is 159 g/mol. The molecule has 2 nitrogen and oxygen atoms in total. The van der Waals surface area contributed by atoms with Gasteiger partial charge in [0.15, 0.2) is 5.78 Å². The van der Waals surface area contributed by atoms with E-state index in [0.717, 1.165) is 5.70 Å². The maximum absolute atomic E-state index is 11.2. The summed E-state index contributed by atoms with van der Waals surface area (Å²) in [5.41, 5.74) is 1.64. The van der Waals surface area contributed by atoms with E-state index >= 15 is 0 Å². The van der Waals surface area contributed by atoms with Crippen molar-refractivity contribution in [1.29, 1.82) is 0 Å². The largest absolute Gasteiger partial charge is 0.340 e. The third-order valence-corrected chi connectivity index (χ3v) is 1.97. The van der Waals surface area contributed by atoms with E-state index in [1.54, 1.807) is 0 Å². The van der Waals surface area contributed by atoms with Gasteiger partial charge in [0, 0.05) is 17.5 Å². The molecule has 0 N–H and O–H groups in total. The van der Waals surface area contributed by atoms with Crippen LogP contribution in [-0.4, -0.2) is 17.2 Å². The van der Waals surface area contributed by atoms with E-state index in [-0.39, 0.29) is 5.78 Å². The van der Waals surface area contributed by atoms with Crippen LogP contribution in [0.25, 0.3) is 0 Å². The molecular formula is C10H9NO. The van der Waals surface area contributed by atoms with Gasteiger partial charge in [-0.15, -0.1) is 0 Å². The molecule has 60 valence electrons. The Bertz CT molecular complexity index is 334. The molecule has 0 saturated carbocycles. The Kier molecular flexibility index (Phi) is 1.47. The summed E-state index contributed by atoms with van der Waals surface area (Å²) in [7, 11) is 0.